The smallest absolute Gasteiger partial charge is 0.242 e. The minimum atomic E-state index is -3.76. The number of carbonyl (C=O) groups is 2. The van der Waals surface area contributed by atoms with Crippen molar-refractivity contribution in [3.05, 3.63) is 64.9 Å². The Labute approximate surface area is 212 Å². The van der Waals surface area contributed by atoms with Crippen molar-refractivity contribution in [3.63, 3.8) is 0 Å². The lowest BCUT2D eigenvalue weighted by Gasteiger charge is -2.29. The lowest BCUT2D eigenvalue weighted by Crippen LogP contribution is -2.48. The summed E-state index contributed by atoms with van der Waals surface area (Å²) >= 11 is 5.97. The van der Waals surface area contributed by atoms with Crippen LogP contribution in [0.15, 0.2) is 48.5 Å². The van der Waals surface area contributed by atoms with Crippen LogP contribution >= 0.6 is 11.6 Å². The van der Waals surface area contributed by atoms with Gasteiger partial charge in [-0.25, -0.2) is 12.8 Å². The Morgan fingerprint density at radius 2 is 1.74 bits per heavy atom. The molecular formula is C25H33ClFN3O4S. The van der Waals surface area contributed by atoms with Crippen LogP contribution in [0.25, 0.3) is 0 Å². The van der Waals surface area contributed by atoms with E-state index in [0.29, 0.717) is 11.6 Å². The first-order chi connectivity index (χ1) is 16.5. The van der Waals surface area contributed by atoms with Crippen LogP contribution in [0.5, 0.6) is 0 Å². The number of benzene rings is 2. The largest absolute Gasteiger partial charge is 0.354 e. The minimum absolute atomic E-state index is 0.0133. The molecule has 2 aromatic rings. The van der Waals surface area contributed by atoms with E-state index in [1.807, 2.05) is 6.92 Å². The summed E-state index contributed by atoms with van der Waals surface area (Å²) in [6.45, 7) is 4.33. The molecule has 1 unspecified atom stereocenters. The van der Waals surface area contributed by atoms with Gasteiger partial charge in [0.25, 0.3) is 0 Å². The second-order valence-corrected chi connectivity index (χ2v) is 10.7. The molecule has 0 spiro atoms. The maximum absolute atomic E-state index is 14.2. The van der Waals surface area contributed by atoms with Gasteiger partial charge < -0.3 is 10.2 Å². The molecule has 0 bridgehead atoms. The molecule has 2 amide bonds. The maximum Gasteiger partial charge on any atom is 0.242 e. The molecule has 1 N–H and O–H groups in total. The van der Waals surface area contributed by atoms with Crippen LogP contribution in [0.3, 0.4) is 0 Å². The predicted octanol–water partition coefficient (Wildman–Crippen LogP) is 4.36. The molecule has 2 aromatic carbocycles. The van der Waals surface area contributed by atoms with Gasteiger partial charge >= 0.3 is 0 Å². The van der Waals surface area contributed by atoms with Gasteiger partial charge in [-0.3, -0.25) is 13.9 Å². The molecule has 0 saturated carbocycles. The Kier molecular flexibility index (Phi) is 11.0. The third-order valence-electron chi connectivity index (χ3n) is 5.54. The van der Waals surface area contributed by atoms with Crippen LogP contribution in [-0.2, 0) is 26.2 Å². The lowest BCUT2D eigenvalue weighted by atomic mass is 10.1. The molecule has 2 rings (SSSR count). The first-order valence-electron chi connectivity index (χ1n) is 11.6. The summed E-state index contributed by atoms with van der Waals surface area (Å²) in [6.07, 6.45) is 2.90. The normalized spacial score (nSPS) is 12.1. The lowest BCUT2D eigenvalue weighted by molar-refractivity contribution is -0.140. The Morgan fingerprint density at radius 3 is 2.34 bits per heavy atom. The number of hydrogen-bond acceptors (Lipinski definition) is 4. The van der Waals surface area contributed by atoms with Crippen molar-refractivity contribution in [2.75, 3.05) is 23.7 Å². The zero-order valence-corrected chi connectivity index (χ0v) is 21.9. The van der Waals surface area contributed by atoms with Crippen LogP contribution in [0.2, 0.25) is 5.02 Å². The van der Waals surface area contributed by atoms with E-state index in [4.69, 9.17) is 11.6 Å². The van der Waals surface area contributed by atoms with E-state index >= 15 is 0 Å². The summed E-state index contributed by atoms with van der Waals surface area (Å²) < 4.78 is 39.8. The highest BCUT2D eigenvalue weighted by Gasteiger charge is 2.27. The van der Waals surface area contributed by atoms with Gasteiger partial charge in [0.1, 0.15) is 11.9 Å². The molecule has 0 aliphatic carbocycles. The number of nitrogens with zero attached hydrogens (tertiary/aromatic N) is 2. The second-order valence-electron chi connectivity index (χ2n) is 8.36. The number of sulfonamides is 1. The van der Waals surface area contributed by atoms with Gasteiger partial charge in [-0.15, -0.1) is 0 Å². The van der Waals surface area contributed by atoms with E-state index in [9.17, 15) is 22.4 Å². The van der Waals surface area contributed by atoms with E-state index in [-0.39, 0.29) is 43.4 Å². The standard InChI is InChI=1S/C25H33ClFN3O4S/c1-4-5-16-28-25(32)19(2)29(18-20-12-14-21(26)15-13-20)24(31)11-8-17-30(35(3,33)34)23-10-7-6-9-22(23)27/h6-7,9-10,12-15,19H,4-5,8,11,16-18H2,1-3H3,(H,28,32). The Balaban J connectivity index is 2.14. The monoisotopic (exact) mass is 525 g/mol. The molecule has 0 radical (unpaired) electrons. The van der Waals surface area contributed by atoms with Crippen molar-refractivity contribution >= 4 is 39.1 Å². The number of para-hydroxylation sites is 1. The summed E-state index contributed by atoms with van der Waals surface area (Å²) in [4.78, 5) is 27.4. The number of amides is 2. The zero-order valence-electron chi connectivity index (χ0n) is 20.3. The average Bonchev–Trinajstić information content (AvgIpc) is 2.81. The van der Waals surface area contributed by atoms with E-state index < -0.39 is 21.9 Å². The molecule has 1 atom stereocenters. The molecule has 10 heteroatoms. The van der Waals surface area contributed by atoms with Gasteiger partial charge in [0, 0.05) is 31.1 Å². The molecule has 0 aliphatic rings. The van der Waals surface area contributed by atoms with Gasteiger partial charge in [-0.2, -0.15) is 0 Å². The highest BCUT2D eigenvalue weighted by Crippen LogP contribution is 2.22. The summed E-state index contributed by atoms with van der Waals surface area (Å²) in [6, 6.07) is 11.9. The van der Waals surface area contributed by atoms with Crippen molar-refractivity contribution in [1.82, 2.24) is 10.2 Å². The van der Waals surface area contributed by atoms with Gasteiger partial charge in [0.15, 0.2) is 0 Å². The Hall–Kier alpha value is -2.65. The summed E-state index contributed by atoms with van der Waals surface area (Å²) in [5.74, 6) is -1.23. The first kappa shape index (κ1) is 28.6. The van der Waals surface area contributed by atoms with Crippen molar-refractivity contribution in [2.45, 2.75) is 52.1 Å². The molecule has 0 aromatic heterocycles. The summed E-state index contributed by atoms with van der Waals surface area (Å²) in [7, 11) is -3.76. The second kappa shape index (κ2) is 13.4. The number of halogens is 2. The topological polar surface area (TPSA) is 86.8 Å². The summed E-state index contributed by atoms with van der Waals surface area (Å²) in [5.41, 5.74) is 0.740. The number of carbonyl (C=O) groups excluding carboxylic acids is 2. The molecule has 192 valence electrons. The quantitative estimate of drug-likeness (QED) is 0.394. The van der Waals surface area contributed by atoms with Crippen molar-refractivity contribution in [1.29, 1.82) is 0 Å². The van der Waals surface area contributed by atoms with Crippen LogP contribution in [0.1, 0.15) is 45.1 Å². The molecule has 0 aliphatic heterocycles. The van der Waals surface area contributed by atoms with Gasteiger partial charge in [0.2, 0.25) is 21.8 Å². The number of rotatable bonds is 13. The first-order valence-corrected chi connectivity index (χ1v) is 13.8. The van der Waals surface area contributed by atoms with Crippen molar-refractivity contribution < 1.29 is 22.4 Å². The molecule has 35 heavy (non-hydrogen) atoms. The number of unbranched alkanes of at least 4 members (excludes halogenated alkanes) is 1. The zero-order chi connectivity index (χ0) is 26.0. The van der Waals surface area contributed by atoms with Gasteiger partial charge in [-0.1, -0.05) is 49.2 Å². The van der Waals surface area contributed by atoms with E-state index in [1.54, 1.807) is 37.3 Å². The molecular weight excluding hydrogens is 493 g/mol. The molecule has 0 saturated heterocycles. The van der Waals surface area contributed by atoms with E-state index in [0.717, 1.165) is 29.0 Å². The maximum atomic E-state index is 14.2. The molecule has 0 heterocycles. The molecule has 0 fully saturated rings. The van der Waals surface area contributed by atoms with E-state index in [1.165, 1.54) is 23.1 Å². The van der Waals surface area contributed by atoms with E-state index in [2.05, 4.69) is 5.32 Å². The van der Waals surface area contributed by atoms with Gasteiger partial charge in [0.05, 0.1) is 11.9 Å². The molecule has 7 nitrogen and oxygen atoms in total. The fraction of sp³-hybridized carbons (Fsp3) is 0.440. The average molecular weight is 526 g/mol. The van der Waals surface area contributed by atoms with Crippen molar-refractivity contribution in [3.8, 4) is 0 Å². The summed E-state index contributed by atoms with van der Waals surface area (Å²) in [5, 5.41) is 3.41. The number of nitrogens with one attached hydrogen (secondary N) is 1. The van der Waals surface area contributed by atoms with Crippen LogP contribution < -0.4 is 9.62 Å². The van der Waals surface area contributed by atoms with Crippen LogP contribution in [-0.4, -0.2) is 50.5 Å². The number of hydrogen-bond donors (Lipinski definition) is 1. The Morgan fingerprint density at radius 1 is 1.09 bits per heavy atom. The van der Waals surface area contributed by atoms with Crippen LogP contribution in [0, 0.1) is 5.82 Å². The fourth-order valence-electron chi connectivity index (χ4n) is 3.54. The van der Waals surface area contributed by atoms with Crippen molar-refractivity contribution in [2.24, 2.45) is 0 Å². The third-order valence-corrected chi connectivity index (χ3v) is 6.97. The fourth-order valence-corrected chi connectivity index (χ4v) is 4.63. The highest BCUT2D eigenvalue weighted by molar-refractivity contribution is 7.92. The Bertz CT molecular complexity index is 1100. The third kappa shape index (κ3) is 8.81. The number of anilines is 1. The highest BCUT2D eigenvalue weighted by atomic mass is 35.5. The van der Waals surface area contributed by atoms with Gasteiger partial charge in [-0.05, 0) is 49.6 Å². The minimum Gasteiger partial charge on any atom is -0.354 e. The SMILES string of the molecule is CCCCNC(=O)C(C)N(Cc1ccc(Cl)cc1)C(=O)CCCN(c1ccccc1F)S(C)(=O)=O. The van der Waals surface area contributed by atoms with Crippen LogP contribution in [0.4, 0.5) is 10.1 Å². The predicted molar refractivity (Wildman–Crippen MR) is 137 cm³/mol.